The van der Waals surface area contributed by atoms with Gasteiger partial charge in [-0.05, 0) is 95.8 Å². The predicted molar refractivity (Wildman–Crippen MR) is 221 cm³/mol. The summed E-state index contributed by atoms with van der Waals surface area (Å²) in [5.74, 6) is -6.07. The van der Waals surface area contributed by atoms with E-state index in [0.29, 0.717) is 18.7 Å². The third-order valence-corrected chi connectivity index (χ3v) is 11.0. The summed E-state index contributed by atoms with van der Waals surface area (Å²) in [6, 6.07) is 0. The first-order valence-corrected chi connectivity index (χ1v) is 20.7. The molecule has 0 fully saturated rings. The van der Waals surface area contributed by atoms with Crippen molar-refractivity contribution in [3.8, 4) is 0 Å². The highest BCUT2D eigenvalue weighted by Gasteiger charge is 2.37. The average Bonchev–Trinajstić information content (AvgIpc) is 3.58. The minimum Gasteiger partial charge on any atom is -0.481 e. The minimum absolute atomic E-state index is 0.0260. The Balaban J connectivity index is 0.000000517. The Morgan fingerprint density at radius 3 is 1.33 bits per heavy atom. The molecule has 332 valence electrons. The molecule has 3 rings (SSSR count). The van der Waals surface area contributed by atoms with Gasteiger partial charge < -0.3 is 34.8 Å². The number of hydrogen-bond donors (Lipinski definition) is 3. The van der Waals surface area contributed by atoms with Gasteiger partial charge in [-0.1, -0.05) is 6.92 Å². The second-order valence-corrected chi connectivity index (χ2v) is 16.4. The number of amides is 7. The van der Waals surface area contributed by atoms with Crippen LogP contribution in [0.2, 0.25) is 0 Å². The molecule has 3 heterocycles. The second-order valence-electron chi connectivity index (χ2n) is 14.0. The number of halogens is 3. The summed E-state index contributed by atoms with van der Waals surface area (Å²) < 4.78 is 9.80. The fourth-order valence-electron chi connectivity index (χ4n) is 4.97. The van der Waals surface area contributed by atoms with E-state index in [0.717, 1.165) is 16.2 Å². The van der Waals surface area contributed by atoms with E-state index >= 15 is 0 Å². The first-order valence-electron chi connectivity index (χ1n) is 18.3. The number of carbonyl (C=O) groups is 11. The minimum atomic E-state index is -1.15. The molecule has 0 aromatic carbocycles. The largest absolute Gasteiger partial charge is 0.481 e. The molecule has 3 aliphatic rings. The van der Waals surface area contributed by atoms with E-state index in [4.69, 9.17) is 14.9 Å². The molecule has 0 saturated heterocycles. The Morgan fingerprint density at radius 2 is 1.05 bits per heavy atom. The van der Waals surface area contributed by atoms with Crippen molar-refractivity contribution < 1.29 is 72.4 Å². The lowest BCUT2D eigenvalue weighted by molar-refractivity contribution is -0.151. The molecule has 0 atom stereocenters. The van der Waals surface area contributed by atoms with Crippen molar-refractivity contribution in [1.29, 1.82) is 0 Å². The summed E-state index contributed by atoms with van der Waals surface area (Å²) in [4.78, 5) is 131. The van der Waals surface area contributed by atoms with Crippen LogP contribution in [0.25, 0.3) is 0 Å². The first kappa shape index (κ1) is 53.2. The van der Waals surface area contributed by atoms with Gasteiger partial charge in [0.15, 0.2) is 0 Å². The van der Waals surface area contributed by atoms with Crippen LogP contribution in [0.5, 0.6) is 0 Å². The van der Waals surface area contributed by atoms with Gasteiger partial charge in [0, 0.05) is 69.8 Å². The summed E-state index contributed by atoms with van der Waals surface area (Å²) in [6.45, 7) is 12.6. The van der Waals surface area contributed by atoms with E-state index in [9.17, 15) is 52.7 Å². The SMILES string of the molecule is CC1=C(Br)C(=O)N(CCN(CCN2C(=O)C(C)=C(Br)C2=O)C(=O)CCC(=O)O)C1=O.CC1=C(Br)C(=O)OC1=O.CCCN(CCNC(=O)OC(C)(C)C)C(=O)CCC(=O)O. The van der Waals surface area contributed by atoms with Crippen molar-refractivity contribution in [2.45, 2.75) is 86.2 Å². The molecule has 0 aliphatic carbocycles. The number of alkyl carbamates (subject to hydrolysis) is 1. The van der Waals surface area contributed by atoms with Crippen LogP contribution in [-0.4, -0.2) is 147 Å². The first-order chi connectivity index (χ1) is 27.7. The van der Waals surface area contributed by atoms with E-state index in [1.807, 2.05) is 6.92 Å². The maximum absolute atomic E-state index is 12.5. The molecule has 0 radical (unpaired) electrons. The van der Waals surface area contributed by atoms with Crippen LogP contribution in [0, 0.1) is 0 Å². The second kappa shape index (κ2) is 24.5. The zero-order valence-electron chi connectivity index (χ0n) is 34.1. The van der Waals surface area contributed by atoms with Crippen LogP contribution in [0.1, 0.15) is 80.6 Å². The van der Waals surface area contributed by atoms with Crippen molar-refractivity contribution in [2.75, 3.05) is 45.8 Å². The number of aliphatic carboxylic acids is 2. The maximum Gasteiger partial charge on any atom is 0.407 e. The molecule has 0 aromatic heterocycles. The zero-order valence-corrected chi connectivity index (χ0v) is 38.9. The number of imide groups is 2. The number of nitrogens with zero attached hydrogens (tertiary/aromatic N) is 4. The van der Waals surface area contributed by atoms with Gasteiger partial charge >= 0.3 is 30.0 Å². The van der Waals surface area contributed by atoms with Crippen LogP contribution in [0.3, 0.4) is 0 Å². The Morgan fingerprint density at radius 1 is 0.633 bits per heavy atom. The zero-order chi connectivity index (χ0) is 46.2. The Bertz CT molecular complexity index is 1740. The van der Waals surface area contributed by atoms with E-state index in [2.05, 4.69) is 57.8 Å². The molecular formula is C37H48Br3N5O15. The number of esters is 2. The van der Waals surface area contributed by atoms with E-state index in [1.165, 1.54) is 25.7 Å². The highest BCUT2D eigenvalue weighted by molar-refractivity contribution is 9.12. The smallest absolute Gasteiger partial charge is 0.407 e. The van der Waals surface area contributed by atoms with Crippen LogP contribution in [-0.2, 0) is 57.4 Å². The molecule has 23 heteroatoms. The van der Waals surface area contributed by atoms with Crippen LogP contribution < -0.4 is 5.32 Å². The van der Waals surface area contributed by atoms with Crippen LogP contribution in [0.15, 0.2) is 30.2 Å². The van der Waals surface area contributed by atoms with Crippen molar-refractivity contribution in [3.05, 3.63) is 30.2 Å². The summed E-state index contributed by atoms with van der Waals surface area (Å²) in [7, 11) is 0. The van der Waals surface area contributed by atoms with Gasteiger partial charge in [0.2, 0.25) is 11.8 Å². The van der Waals surface area contributed by atoms with E-state index in [-0.39, 0.29) is 82.5 Å². The summed E-state index contributed by atoms with van der Waals surface area (Å²) >= 11 is 9.01. The predicted octanol–water partition coefficient (Wildman–Crippen LogP) is 3.11. The number of cyclic esters (lactones) is 2. The molecule has 0 aromatic rings. The van der Waals surface area contributed by atoms with Crippen LogP contribution in [0.4, 0.5) is 4.79 Å². The van der Waals surface area contributed by atoms with Crippen molar-refractivity contribution in [1.82, 2.24) is 24.9 Å². The Labute approximate surface area is 371 Å². The molecule has 0 bridgehead atoms. The number of hydrogen-bond acceptors (Lipinski definition) is 13. The summed E-state index contributed by atoms with van der Waals surface area (Å²) in [5.41, 5.74) is 0.275. The van der Waals surface area contributed by atoms with Crippen molar-refractivity contribution >= 4 is 113 Å². The third-order valence-electron chi connectivity index (χ3n) is 8.20. The quantitative estimate of drug-likeness (QED) is 0.107. The van der Waals surface area contributed by atoms with Gasteiger partial charge in [-0.15, -0.1) is 0 Å². The van der Waals surface area contributed by atoms with Gasteiger partial charge in [-0.25, -0.2) is 14.4 Å². The van der Waals surface area contributed by atoms with Gasteiger partial charge in [-0.2, -0.15) is 0 Å². The molecule has 0 spiro atoms. The molecule has 0 unspecified atom stereocenters. The van der Waals surface area contributed by atoms with Crippen LogP contribution >= 0.6 is 47.8 Å². The molecule has 7 amide bonds. The lowest BCUT2D eigenvalue weighted by Gasteiger charge is -2.27. The Hall–Kier alpha value is -4.77. The summed E-state index contributed by atoms with van der Waals surface area (Å²) in [5, 5.41) is 20.0. The van der Waals surface area contributed by atoms with Gasteiger partial charge in [-0.3, -0.25) is 48.2 Å². The fourth-order valence-corrected chi connectivity index (χ4v) is 5.98. The highest BCUT2D eigenvalue weighted by atomic mass is 79.9. The molecular weight excluding hydrogens is 994 g/mol. The fraction of sp³-hybridized carbons (Fsp3) is 0.541. The number of nitrogens with one attached hydrogen (secondary N) is 1. The number of rotatable bonds is 17. The topological polar surface area (TPSA) is 272 Å². The lowest BCUT2D eigenvalue weighted by Crippen LogP contribution is -2.45. The Kier molecular flexibility index (Phi) is 21.7. The van der Waals surface area contributed by atoms with Gasteiger partial charge in [0.1, 0.15) is 10.1 Å². The molecule has 3 aliphatic heterocycles. The number of ether oxygens (including phenoxy) is 2. The standard InChI is InChI=1S/C18H19Br2N3O7.C14H26N2O5.C5H3BrO3/c1-9-13(19)17(29)22(15(9)27)7-5-21(11(24)3-4-12(25)26)6-8-23-16(28)10(2)14(20)18(23)30;1-5-9-16(11(17)6-7-12(18)19)10-8-15-13(20)21-14(2,3)4;1-2-3(6)5(8)9-4(2)7/h3-8H2,1-2H3,(H,25,26);5-10H2,1-4H3,(H,15,20)(H,18,19);1H3. The van der Waals surface area contributed by atoms with Crippen molar-refractivity contribution in [2.24, 2.45) is 0 Å². The molecule has 3 N–H and O–H groups in total. The lowest BCUT2D eigenvalue weighted by atomic mass is 10.2. The normalized spacial score (nSPS) is 15.2. The number of carbonyl (C=O) groups excluding carboxylic acids is 9. The summed E-state index contributed by atoms with van der Waals surface area (Å²) in [6.07, 6.45) is -0.652. The molecule has 0 saturated carbocycles. The number of carboxylic acid groups (broad SMARTS) is 2. The van der Waals surface area contributed by atoms with Gasteiger partial charge in [0.05, 0.1) is 27.4 Å². The van der Waals surface area contributed by atoms with E-state index < -0.39 is 71.5 Å². The average molecular weight is 1040 g/mol. The third kappa shape index (κ3) is 16.7. The van der Waals surface area contributed by atoms with Gasteiger partial charge in [0.25, 0.3) is 23.6 Å². The van der Waals surface area contributed by atoms with E-state index in [1.54, 1.807) is 25.7 Å². The highest BCUT2D eigenvalue weighted by Crippen LogP contribution is 2.26. The molecule has 20 nitrogen and oxygen atoms in total. The number of carboxylic acids is 2. The maximum atomic E-state index is 12.5. The monoisotopic (exact) mass is 1040 g/mol. The molecule has 60 heavy (non-hydrogen) atoms. The van der Waals surface area contributed by atoms with Crippen molar-refractivity contribution in [3.63, 3.8) is 0 Å².